The standard InChI is InChI=1S/C28H28F3N5O4S/c1-19-15-24(36(34-19)14-11-20-7-3-2-4-8-20)35-17-21(16-25(35)40-26(37)33-27(18-32)12-13-27)41(38,39)23-10-6-5-9-22(23)28(29,30)31/h2-10,15,21,25H,11-14,16-17H2,1H3,(H,33,37)/t21-,25+/m1/s1. The Labute approximate surface area is 235 Å². The molecule has 1 amide bonds. The number of nitriles is 1. The molecule has 216 valence electrons. The molecule has 41 heavy (non-hydrogen) atoms. The van der Waals surface area contributed by atoms with Crippen LogP contribution in [0.4, 0.5) is 23.8 Å². The first-order valence-corrected chi connectivity index (χ1v) is 14.6. The highest BCUT2D eigenvalue weighted by Crippen LogP contribution is 2.39. The summed E-state index contributed by atoms with van der Waals surface area (Å²) in [5.74, 6) is 0.472. The van der Waals surface area contributed by atoms with Crippen LogP contribution in [0, 0.1) is 18.3 Å². The average molecular weight is 588 g/mol. The first-order valence-electron chi connectivity index (χ1n) is 13.1. The summed E-state index contributed by atoms with van der Waals surface area (Å²) in [5, 5.41) is 15.1. The van der Waals surface area contributed by atoms with Crippen molar-refractivity contribution in [1.29, 1.82) is 5.26 Å². The van der Waals surface area contributed by atoms with Gasteiger partial charge in [-0.05, 0) is 43.9 Å². The van der Waals surface area contributed by atoms with Crippen molar-refractivity contribution in [2.24, 2.45) is 0 Å². The highest BCUT2D eigenvalue weighted by atomic mass is 32.2. The van der Waals surface area contributed by atoms with Crippen molar-refractivity contribution in [3.63, 3.8) is 0 Å². The van der Waals surface area contributed by atoms with Crippen LogP contribution < -0.4 is 10.2 Å². The minimum Gasteiger partial charge on any atom is -0.425 e. The van der Waals surface area contributed by atoms with E-state index in [4.69, 9.17) is 4.74 Å². The summed E-state index contributed by atoms with van der Waals surface area (Å²) in [6.07, 6.45) is -5.65. The largest absolute Gasteiger partial charge is 0.425 e. The van der Waals surface area contributed by atoms with Crippen molar-refractivity contribution in [2.75, 3.05) is 11.4 Å². The van der Waals surface area contributed by atoms with E-state index in [2.05, 4.69) is 10.4 Å². The highest BCUT2D eigenvalue weighted by molar-refractivity contribution is 7.92. The number of alkyl halides is 3. The van der Waals surface area contributed by atoms with Crippen molar-refractivity contribution in [1.82, 2.24) is 15.1 Å². The predicted molar refractivity (Wildman–Crippen MR) is 142 cm³/mol. The van der Waals surface area contributed by atoms with Crippen LogP contribution in [0.15, 0.2) is 65.6 Å². The number of halogens is 3. The third-order valence-corrected chi connectivity index (χ3v) is 9.52. The third kappa shape index (κ3) is 6.02. The van der Waals surface area contributed by atoms with Gasteiger partial charge in [-0.2, -0.15) is 23.5 Å². The molecule has 1 saturated carbocycles. The average Bonchev–Trinajstić information content (AvgIpc) is 3.41. The molecule has 0 radical (unpaired) electrons. The fraction of sp³-hybridized carbons (Fsp3) is 0.393. The Balaban J connectivity index is 1.46. The molecule has 1 aliphatic carbocycles. The summed E-state index contributed by atoms with van der Waals surface area (Å²) in [4.78, 5) is 13.5. The second kappa shape index (κ2) is 10.7. The van der Waals surface area contributed by atoms with E-state index in [0.29, 0.717) is 37.3 Å². The van der Waals surface area contributed by atoms with Gasteiger partial charge in [-0.3, -0.25) is 0 Å². The molecular weight excluding hydrogens is 559 g/mol. The number of sulfone groups is 1. The van der Waals surface area contributed by atoms with E-state index in [-0.39, 0.29) is 13.0 Å². The van der Waals surface area contributed by atoms with Crippen molar-refractivity contribution >= 4 is 21.7 Å². The number of amides is 1. The summed E-state index contributed by atoms with van der Waals surface area (Å²) < 4.78 is 75.8. The van der Waals surface area contributed by atoms with Gasteiger partial charge >= 0.3 is 12.3 Å². The number of alkyl carbamates (subject to hydrolysis) is 1. The Hall–Kier alpha value is -4.05. The minimum absolute atomic E-state index is 0.230. The molecular formula is C28H28F3N5O4S. The van der Waals surface area contributed by atoms with Crippen LogP contribution in [0.1, 0.15) is 36.1 Å². The number of rotatable bonds is 8. The van der Waals surface area contributed by atoms with Gasteiger partial charge in [-0.25, -0.2) is 17.9 Å². The lowest BCUT2D eigenvalue weighted by Gasteiger charge is -2.27. The van der Waals surface area contributed by atoms with Crippen LogP contribution in [-0.2, 0) is 33.7 Å². The Kier molecular flexibility index (Phi) is 7.46. The molecule has 2 aliphatic rings. The van der Waals surface area contributed by atoms with E-state index < -0.39 is 49.6 Å². The highest BCUT2D eigenvalue weighted by Gasteiger charge is 2.48. The molecule has 2 atom stereocenters. The molecule has 0 unspecified atom stereocenters. The molecule has 9 nitrogen and oxygen atoms in total. The third-order valence-electron chi connectivity index (χ3n) is 7.33. The van der Waals surface area contributed by atoms with Gasteiger partial charge in [0.2, 0.25) is 0 Å². The lowest BCUT2D eigenvalue weighted by atomic mass is 10.1. The SMILES string of the molecule is Cc1cc(N2C[C@H](S(=O)(=O)c3ccccc3C(F)(F)F)C[C@@H]2OC(=O)NC2(C#N)CC2)n(CCc2ccccc2)n1. The van der Waals surface area contributed by atoms with Gasteiger partial charge in [0, 0.05) is 25.6 Å². The first kappa shape index (κ1) is 28.5. The lowest BCUT2D eigenvalue weighted by Crippen LogP contribution is -2.42. The molecule has 1 aliphatic heterocycles. The van der Waals surface area contributed by atoms with E-state index in [9.17, 15) is 31.6 Å². The fourth-order valence-electron chi connectivity index (χ4n) is 5.02. The minimum atomic E-state index is -4.87. The predicted octanol–water partition coefficient (Wildman–Crippen LogP) is 4.61. The van der Waals surface area contributed by atoms with Crippen molar-refractivity contribution in [3.8, 4) is 6.07 Å². The number of benzene rings is 2. The zero-order chi connectivity index (χ0) is 29.4. The van der Waals surface area contributed by atoms with Gasteiger partial charge in [-0.15, -0.1) is 0 Å². The Morgan fingerprint density at radius 1 is 1.17 bits per heavy atom. The van der Waals surface area contributed by atoms with E-state index in [1.807, 2.05) is 36.4 Å². The van der Waals surface area contributed by atoms with Crippen LogP contribution in [0.25, 0.3) is 0 Å². The maximum Gasteiger partial charge on any atom is 0.417 e. The fourth-order valence-corrected chi connectivity index (χ4v) is 6.91. The number of aryl methyl sites for hydroxylation is 3. The summed E-state index contributed by atoms with van der Waals surface area (Å²) >= 11 is 0. The maximum atomic E-state index is 13.7. The molecule has 13 heteroatoms. The van der Waals surface area contributed by atoms with Gasteiger partial charge in [0.15, 0.2) is 16.1 Å². The van der Waals surface area contributed by atoms with Crippen LogP contribution in [-0.4, -0.2) is 47.9 Å². The topological polar surface area (TPSA) is 117 Å². The van der Waals surface area contributed by atoms with Crippen LogP contribution >= 0.6 is 0 Å². The van der Waals surface area contributed by atoms with Crippen LogP contribution in [0.5, 0.6) is 0 Å². The van der Waals surface area contributed by atoms with Crippen molar-refractivity contribution < 1.29 is 31.1 Å². The monoisotopic (exact) mass is 587 g/mol. The van der Waals surface area contributed by atoms with E-state index >= 15 is 0 Å². The molecule has 2 fully saturated rings. The quantitative estimate of drug-likeness (QED) is 0.409. The van der Waals surface area contributed by atoms with Gasteiger partial charge in [0.25, 0.3) is 0 Å². The second-order valence-corrected chi connectivity index (χ2v) is 12.5. The van der Waals surface area contributed by atoms with Crippen LogP contribution in [0.2, 0.25) is 0 Å². The molecule has 3 aromatic rings. The number of nitrogens with zero attached hydrogens (tertiary/aromatic N) is 4. The zero-order valence-electron chi connectivity index (χ0n) is 22.1. The number of nitrogens with one attached hydrogen (secondary N) is 1. The molecule has 0 spiro atoms. The summed E-state index contributed by atoms with van der Waals surface area (Å²) in [6.45, 7) is 1.96. The molecule has 0 bridgehead atoms. The lowest BCUT2D eigenvalue weighted by molar-refractivity contribution is -0.139. The second-order valence-electron chi connectivity index (χ2n) is 10.3. The summed E-state index contributed by atoms with van der Waals surface area (Å²) in [6, 6.07) is 17.5. The van der Waals surface area contributed by atoms with Crippen LogP contribution in [0.3, 0.4) is 0 Å². The Morgan fingerprint density at radius 2 is 1.85 bits per heavy atom. The molecule has 1 saturated heterocycles. The smallest absolute Gasteiger partial charge is 0.417 e. The number of ether oxygens (including phenoxy) is 1. The number of hydrogen-bond acceptors (Lipinski definition) is 7. The van der Waals surface area contributed by atoms with Crippen molar-refractivity contribution in [2.45, 2.75) is 67.2 Å². The van der Waals surface area contributed by atoms with E-state index in [1.165, 1.54) is 6.07 Å². The molecule has 5 rings (SSSR count). The van der Waals surface area contributed by atoms with Crippen molar-refractivity contribution in [3.05, 3.63) is 77.5 Å². The molecule has 1 aromatic heterocycles. The first-order chi connectivity index (χ1) is 19.4. The number of carbonyl (C=O) groups is 1. The zero-order valence-corrected chi connectivity index (χ0v) is 23.0. The number of carbonyl (C=O) groups excluding carboxylic acids is 1. The maximum absolute atomic E-state index is 13.7. The van der Waals surface area contributed by atoms with Gasteiger partial charge in [0.1, 0.15) is 11.4 Å². The number of aromatic nitrogens is 2. The van der Waals surface area contributed by atoms with Gasteiger partial charge < -0.3 is 15.0 Å². The van der Waals surface area contributed by atoms with E-state index in [1.54, 1.807) is 22.6 Å². The summed E-state index contributed by atoms with van der Waals surface area (Å²) in [5.41, 5.74) is -0.588. The number of anilines is 1. The summed E-state index contributed by atoms with van der Waals surface area (Å²) in [7, 11) is -4.51. The molecule has 1 N–H and O–H groups in total. The normalized spacial score (nSPS) is 19.9. The number of hydrogen-bond donors (Lipinski definition) is 1. The van der Waals surface area contributed by atoms with E-state index in [0.717, 1.165) is 23.8 Å². The van der Waals surface area contributed by atoms with Gasteiger partial charge in [-0.1, -0.05) is 42.5 Å². The van der Waals surface area contributed by atoms with Gasteiger partial charge in [0.05, 0.1) is 27.5 Å². The Morgan fingerprint density at radius 3 is 2.51 bits per heavy atom. The molecule has 2 heterocycles. The Bertz CT molecular complexity index is 1580. The molecule has 2 aromatic carbocycles.